The molecular formula is C21H22F3N3O6S. The summed E-state index contributed by atoms with van der Waals surface area (Å²) in [6.07, 6.45) is -5.14. The molecule has 0 saturated carbocycles. The molecule has 0 radical (unpaired) electrons. The Balaban J connectivity index is 2.27. The Kier molecular flexibility index (Phi) is 6.96. The van der Waals surface area contributed by atoms with Crippen molar-refractivity contribution in [2.75, 3.05) is 21.3 Å². The molecule has 13 heteroatoms. The molecule has 0 bridgehead atoms. The monoisotopic (exact) mass is 501 g/mol. The maximum Gasteiger partial charge on any atom is 0.416 e. The zero-order valence-corrected chi connectivity index (χ0v) is 19.7. The Bertz CT molecular complexity index is 1260. The van der Waals surface area contributed by atoms with Crippen LogP contribution in [0.2, 0.25) is 0 Å². The fourth-order valence-corrected chi connectivity index (χ4v) is 4.30. The van der Waals surface area contributed by atoms with E-state index in [2.05, 4.69) is 10.1 Å². The van der Waals surface area contributed by atoms with E-state index in [4.69, 9.17) is 18.9 Å². The maximum absolute atomic E-state index is 13.4. The van der Waals surface area contributed by atoms with Crippen molar-refractivity contribution in [3.63, 3.8) is 0 Å². The minimum absolute atomic E-state index is 0.177. The molecule has 0 amide bonds. The van der Waals surface area contributed by atoms with Crippen molar-refractivity contribution < 1.29 is 40.5 Å². The molecule has 0 aliphatic rings. The Morgan fingerprint density at radius 3 is 2.09 bits per heavy atom. The number of benzene rings is 2. The Morgan fingerprint density at radius 1 is 0.971 bits per heavy atom. The zero-order chi connectivity index (χ0) is 25.3. The van der Waals surface area contributed by atoms with Crippen molar-refractivity contribution in [1.82, 2.24) is 14.2 Å². The van der Waals surface area contributed by atoms with Crippen molar-refractivity contribution in [2.45, 2.75) is 31.0 Å². The summed E-state index contributed by atoms with van der Waals surface area (Å²) in [5.41, 5.74) is -0.946. The average Bonchev–Trinajstić information content (AvgIpc) is 3.21. The van der Waals surface area contributed by atoms with E-state index in [0.717, 1.165) is 18.2 Å². The smallest absolute Gasteiger partial charge is 0.416 e. The molecule has 0 spiro atoms. The number of halogens is 3. The molecule has 0 fully saturated rings. The van der Waals surface area contributed by atoms with Crippen LogP contribution in [-0.4, -0.2) is 50.0 Å². The van der Waals surface area contributed by atoms with Crippen LogP contribution in [0, 0.1) is 0 Å². The van der Waals surface area contributed by atoms with Gasteiger partial charge < -0.3 is 18.9 Å². The summed E-state index contributed by atoms with van der Waals surface area (Å²) in [7, 11) is -0.475. The van der Waals surface area contributed by atoms with Gasteiger partial charge in [0.1, 0.15) is 0 Å². The van der Waals surface area contributed by atoms with Crippen LogP contribution in [0.25, 0.3) is 11.4 Å². The van der Waals surface area contributed by atoms with Crippen molar-refractivity contribution in [3.8, 4) is 34.6 Å². The highest BCUT2D eigenvalue weighted by molar-refractivity contribution is 7.90. The normalized spacial score (nSPS) is 12.0. The van der Waals surface area contributed by atoms with Crippen LogP contribution in [0.15, 0.2) is 41.3 Å². The van der Waals surface area contributed by atoms with Crippen LogP contribution in [0.3, 0.4) is 0 Å². The molecule has 184 valence electrons. The molecule has 0 aliphatic heterocycles. The first-order valence-corrected chi connectivity index (χ1v) is 11.2. The lowest BCUT2D eigenvalue weighted by atomic mass is 10.1. The van der Waals surface area contributed by atoms with Gasteiger partial charge in [0, 0.05) is 5.56 Å². The molecule has 0 atom stereocenters. The van der Waals surface area contributed by atoms with E-state index in [1.54, 1.807) is 13.8 Å². The minimum Gasteiger partial charge on any atom is -0.493 e. The van der Waals surface area contributed by atoms with Gasteiger partial charge in [-0.2, -0.15) is 26.6 Å². The van der Waals surface area contributed by atoms with Crippen LogP contribution >= 0.6 is 0 Å². The second-order valence-corrected chi connectivity index (χ2v) is 8.94. The predicted octanol–water partition coefficient (Wildman–Crippen LogP) is 4.01. The van der Waals surface area contributed by atoms with Crippen molar-refractivity contribution in [1.29, 1.82) is 0 Å². The van der Waals surface area contributed by atoms with Gasteiger partial charge in [0.05, 0.1) is 37.9 Å². The highest BCUT2D eigenvalue weighted by atomic mass is 32.2. The number of hydrogen-bond donors (Lipinski definition) is 0. The summed E-state index contributed by atoms with van der Waals surface area (Å²) in [6.45, 7) is 3.36. The minimum atomic E-state index is -4.74. The fourth-order valence-electron chi connectivity index (χ4n) is 3.03. The molecule has 2 aromatic carbocycles. The van der Waals surface area contributed by atoms with Gasteiger partial charge >= 0.3 is 12.2 Å². The largest absolute Gasteiger partial charge is 0.493 e. The molecule has 0 aliphatic carbocycles. The van der Waals surface area contributed by atoms with Crippen molar-refractivity contribution in [2.24, 2.45) is 0 Å². The first-order valence-electron chi connectivity index (χ1n) is 9.79. The lowest BCUT2D eigenvalue weighted by Crippen LogP contribution is -2.17. The zero-order valence-electron chi connectivity index (χ0n) is 18.9. The molecule has 3 aromatic rings. The van der Waals surface area contributed by atoms with E-state index in [-0.39, 0.29) is 34.6 Å². The summed E-state index contributed by atoms with van der Waals surface area (Å²) in [5, 5.41) is 3.92. The maximum atomic E-state index is 13.4. The molecule has 0 unspecified atom stereocenters. The van der Waals surface area contributed by atoms with Crippen LogP contribution in [0.4, 0.5) is 13.2 Å². The lowest BCUT2D eigenvalue weighted by molar-refractivity contribution is -0.137. The number of methoxy groups -OCH3 is 3. The number of rotatable bonds is 8. The van der Waals surface area contributed by atoms with Crippen LogP contribution in [-0.2, 0) is 16.2 Å². The number of nitrogens with zero attached hydrogens (tertiary/aromatic N) is 3. The second-order valence-electron chi connectivity index (χ2n) is 7.17. The highest BCUT2D eigenvalue weighted by Gasteiger charge is 2.33. The topological polar surface area (TPSA) is 102 Å². The van der Waals surface area contributed by atoms with Crippen LogP contribution in [0.5, 0.6) is 23.3 Å². The Labute approximate surface area is 194 Å². The van der Waals surface area contributed by atoms with E-state index in [1.807, 2.05) is 0 Å². The molecular weight excluding hydrogens is 479 g/mol. The molecule has 0 N–H and O–H groups in total. The molecule has 9 nitrogen and oxygen atoms in total. The first kappa shape index (κ1) is 25.1. The number of alkyl halides is 3. The third-order valence-electron chi connectivity index (χ3n) is 4.51. The third kappa shape index (κ3) is 4.88. The van der Waals surface area contributed by atoms with Gasteiger partial charge in [-0.15, -0.1) is 4.09 Å². The van der Waals surface area contributed by atoms with Gasteiger partial charge in [-0.3, -0.25) is 0 Å². The van der Waals surface area contributed by atoms with E-state index < -0.39 is 32.8 Å². The fraction of sp³-hybridized carbons (Fsp3) is 0.333. The van der Waals surface area contributed by atoms with Gasteiger partial charge in [0.25, 0.3) is 10.0 Å². The second kappa shape index (κ2) is 9.41. The van der Waals surface area contributed by atoms with E-state index in [9.17, 15) is 21.6 Å². The number of hydrogen-bond acceptors (Lipinski definition) is 8. The van der Waals surface area contributed by atoms with Gasteiger partial charge in [-0.25, -0.2) is 0 Å². The lowest BCUT2D eigenvalue weighted by Gasteiger charge is -2.14. The standard InChI is InChI=1S/C21H22F3N3O6S/c1-12(2)33-20-25-19(13-9-16(30-3)18(32-5)17(10-13)31-4)27(26-20)34(28,29)15-8-6-7-14(11-15)21(22,23)24/h6-12H,1-5H3. The van der Waals surface area contributed by atoms with E-state index in [1.165, 1.54) is 33.5 Å². The summed E-state index contributed by atoms with van der Waals surface area (Å²) >= 11 is 0. The van der Waals surface area contributed by atoms with Gasteiger partial charge in [-0.05, 0) is 44.2 Å². The Hall–Kier alpha value is -3.48. The molecule has 1 aromatic heterocycles. The summed E-state index contributed by atoms with van der Waals surface area (Å²) in [5.74, 6) is 0.426. The molecule has 3 rings (SSSR count). The molecule has 1 heterocycles. The molecule has 34 heavy (non-hydrogen) atoms. The first-order chi connectivity index (χ1) is 15.9. The van der Waals surface area contributed by atoms with E-state index >= 15 is 0 Å². The van der Waals surface area contributed by atoms with Crippen LogP contribution in [0.1, 0.15) is 19.4 Å². The third-order valence-corrected chi connectivity index (χ3v) is 6.07. The van der Waals surface area contributed by atoms with Gasteiger partial charge in [0.2, 0.25) is 5.75 Å². The van der Waals surface area contributed by atoms with Crippen LogP contribution < -0.4 is 18.9 Å². The van der Waals surface area contributed by atoms with Gasteiger partial charge in [0.15, 0.2) is 17.3 Å². The summed E-state index contributed by atoms with van der Waals surface area (Å²) in [6, 6.07) is 5.91. The highest BCUT2D eigenvalue weighted by Crippen LogP contribution is 2.41. The SMILES string of the molecule is COc1cc(-c2nc(OC(C)C)nn2S(=O)(=O)c2cccc(C(F)(F)F)c2)cc(OC)c1OC. The van der Waals surface area contributed by atoms with Crippen molar-refractivity contribution in [3.05, 3.63) is 42.0 Å². The summed E-state index contributed by atoms with van der Waals surface area (Å²) < 4.78 is 88.2. The van der Waals surface area contributed by atoms with Gasteiger partial charge in [-0.1, -0.05) is 11.2 Å². The quantitative estimate of drug-likeness (QED) is 0.456. The number of aromatic nitrogens is 3. The van der Waals surface area contributed by atoms with E-state index in [0.29, 0.717) is 10.2 Å². The molecule has 0 saturated heterocycles. The summed E-state index contributed by atoms with van der Waals surface area (Å²) in [4.78, 5) is 3.54. The predicted molar refractivity (Wildman–Crippen MR) is 115 cm³/mol. The average molecular weight is 501 g/mol. The Morgan fingerprint density at radius 2 is 1.59 bits per heavy atom. The number of ether oxygens (including phenoxy) is 4. The van der Waals surface area contributed by atoms with Crippen molar-refractivity contribution >= 4 is 10.0 Å².